The van der Waals surface area contributed by atoms with Gasteiger partial charge in [-0.3, -0.25) is 10.2 Å². The maximum atomic E-state index is 13.1. The third-order valence-electron chi connectivity index (χ3n) is 4.13. The van der Waals surface area contributed by atoms with Crippen LogP contribution in [0, 0.1) is 6.92 Å². The van der Waals surface area contributed by atoms with Gasteiger partial charge in [0, 0.05) is 17.4 Å². The predicted molar refractivity (Wildman–Crippen MR) is 99.8 cm³/mol. The number of fused-ring (bicyclic) bond motifs is 1. The molecule has 1 aromatic carbocycles. The highest BCUT2D eigenvalue weighted by Gasteiger charge is 2.35. The van der Waals surface area contributed by atoms with Crippen molar-refractivity contribution in [2.24, 2.45) is 5.10 Å². The number of nitrogens with zero attached hydrogens (tertiary/aromatic N) is 3. The lowest BCUT2D eigenvalue weighted by atomic mass is 10.1. The fourth-order valence-corrected chi connectivity index (χ4v) is 2.74. The number of nitrogens with one attached hydrogen (secondary N) is 1. The number of alkyl halides is 3. The van der Waals surface area contributed by atoms with Crippen LogP contribution in [0.5, 0.6) is 0 Å². The third-order valence-corrected chi connectivity index (χ3v) is 4.13. The number of halogens is 3. The Morgan fingerprint density at radius 3 is 2.69 bits per heavy atom. The molecule has 0 aliphatic rings. The Hall–Kier alpha value is -3.43. The zero-order valence-corrected chi connectivity index (χ0v) is 15.5. The summed E-state index contributed by atoms with van der Waals surface area (Å²) in [7, 11) is 0. The number of rotatable bonds is 6. The minimum absolute atomic E-state index is 0.0745. The number of furan rings is 1. The van der Waals surface area contributed by atoms with E-state index in [4.69, 9.17) is 9.52 Å². The molecule has 0 fully saturated rings. The molecule has 0 saturated carbocycles. The summed E-state index contributed by atoms with van der Waals surface area (Å²) < 4.78 is 44.8. The molecule has 0 amide bonds. The molecule has 29 heavy (non-hydrogen) atoms. The van der Waals surface area contributed by atoms with Gasteiger partial charge in [0.1, 0.15) is 11.5 Å². The second-order valence-corrected chi connectivity index (χ2v) is 6.30. The first kappa shape index (κ1) is 20.3. The SMILES string of the molecule is C/C(=N/Nc1nc(C(F)(F)F)nc2ccccc12)c1cc(CCC(=O)O)oc1C. The maximum absolute atomic E-state index is 13.1. The molecule has 0 aliphatic heterocycles. The number of carboxylic acids is 1. The first-order chi connectivity index (χ1) is 13.6. The number of aliphatic carboxylic acids is 1. The van der Waals surface area contributed by atoms with Crippen LogP contribution in [-0.4, -0.2) is 26.8 Å². The molecule has 0 unspecified atom stereocenters. The number of anilines is 1. The monoisotopic (exact) mass is 406 g/mol. The van der Waals surface area contributed by atoms with Crippen molar-refractivity contribution in [3.05, 3.63) is 53.2 Å². The van der Waals surface area contributed by atoms with E-state index in [1.54, 1.807) is 38.1 Å². The molecular weight excluding hydrogens is 389 g/mol. The van der Waals surface area contributed by atoms with E-state index in [1.807, 2.05) is 0 Å². The normalized spacial score (nSPS) is 12.4. The summed E-state index contributed by atoms with van der Waals surface area (Å²) in [6, 6.07) is 7.97. The van der Waals surface area contributed by atoms with Crippen LogP contribution in [0.15, 0.2) is 39.9 Å². The van der Waals surface area contributed by atoms with Crippen molar-refractivity contribution < 1.29 is 27.5 Å². The van der Waals surface area contributed by atoms with Crippen molar-refractivity contribution in [1.82, 2.24) is 9.97 Å². The van der Waals surface area contributed by atoms with Gasteiger partial charge in [0.05, 0.1) is 17.6 Å². The van der Waals surface area contributed by atoms with E-state index in [9.17, 15) is 18.0 Å². The number of carboxylic acid groups (broad SMARTS) is 1. The van der Waals surface area contributed by atoms with Gasteiger partial charge in [-0.2, -0.15) is 18.3 Å². The fraction of sp³-hybridized carbons (Fsp3) is 0.263. The highest BCUT2D eigenvalue weighted by Crippen LogP contribution is 2.30. The van der Waals surface area contributed by atoms with Crippen LogP contribution in [0.4, 0.5) is 19.0 Å². The Balaban J connectivity index is 1.91. The molecule has 0 aliphatic carbocycles. The number of para-hydroxylation sites is 1. The van der Waals surface area contributed by atoms with Gasteiger partial charge in [-0.1, -0.05) is 12.1 Å². The Labute approximate surface area is 163 Å². The minimum Gasteiger partial charge on any atom is -0.481 e. The molecule has 10 heteroatoms. The van der Waals surface area contributed by atoms with Gasteiger partial charge >= 0.3 is 12.1 Å². The second kappa shape index (κ2) is 7.90. The molecule has 7 nitrogen and oxygen atoms in total. The second-order valence-electron chi connectivity index (χ2n) is 6.30. The molecule has 0 atom stereocenters. The molecule has 3 rings (SSSR count). The van der Waals surface area contributed by atoms with Gasteiger partial charge in [-0.15, -0.1) is 0 Å². The number of benzene rings is 1. The zero-order valence-electron chi connectivity index (χ0n) is 15.5. The Morgan fingerprint density at radius 2 is 2.00 bits per heavy atom. The molecule has 0 spiro atoms. The van der Waals surface area contributed by atoms with Crippen LogP contribution in [0.25, 0.3) is 10.9 Å². The fourth-order valence-electron chi connectivity index (χ4n) is 2.74. The van der Waals surface area contributed by atoms with Gasteiger partial charge < -0.3 is 9.52 Å². The van der Waals surface area contributed by atoms with Gasteiger partial charge in [0.15, 0.2) is 5.82 Å². The van der Waals surface area contributed by atoms with Crippen LogP contribution in [0.2, 0.25) is 0 Å². The summed E-state index contributed by atoms with van der Waals surface area (Å²) in [6.45, 7) is 3.35. The minimum atomic E-state index is -4.70. The van der Waals surface area contributed by atoms with Gasteiger partial charge in [0.25, 0.3) is 0 Å². The van der Waals surface area contributed by atoms with Crippen LogP contribution in [0.3, 0.4) is 0 Å². The smallest absolute Gasteiger partial charge is 0.451 e. The molecular formula is C19H17F3N4O3. The number of carbonyl (C=O) groups is 1. The van der Waals surface area contributed by atoms with Crippen molar-refractivity contribution in [2.75, 3.05) is 5.43 Å². The molecule has 0 saturated heterocycles. The van der Waals surface area contributed by atoms with Crippen molar-refractivity contribution in [1.29, 1.82) is 0 Å². The highest BCUT2D eigenvalue weighted by molar-refractivity contribution is 6.00. The summed E-state index contributed by atoms with van der Waals surface area (Å²) in [4.78, 5) is 17.8. The quantitative estimate of drug-likeness (QED) is 0.465. The molecule has 0 radical (unpaired) electrons. The summed E-state index contributed by atoms with van der Waals surface area (Å²) in [5.74, 6) is -1.27. The largest absolute Gasteiger partial charge is 0.481 e. The van der Waals surface area contributed by atoms with Crippen molar-refractivity contribution in [3.63, 3.8) is 0 Å². The van der Waals surface area contributed by atoms with Crippen molar-refractivity contribution in [3.8, 4) is 0 Å². The third kappa shape index (κ3) is 4.71. The Kier molecular flexibility index (Phi) is 5.53. The number of aromatic nitrogens is 2. The van der Waals surface area contributed by atoms with Gasteiger partial charge in [-0.05, 0) is 32.0 Å². The molecule has 2 heterocycles. The lowest BCUT2D eigenvalue weighted by Gasteiger charge is -2.10. The molecule has 3 aromatic rings. The van der Waals surface area contributed by atoms with E-state index < -0.39 is 18.0 Å². The van der Waals surface area contributed by atoms with Gasteiger partial charge in [0.2, 0.25) is 5.82 Å². The van der Waals surface area contributed by atoms with Crippen LogP contribution in [0.1, 0.15) is 36.3 Å². The average Bonchev–Trinajstić information content (AvgIpc) is 3.04. The first-order valence-corrected chi connectivity index (χ1v) is 8.61. The van der Waals surface area contributed by atoms with E-state index in [2.05, 4.69) is 20.5 Å². The van der Waals surface area contributed by atoms with Crippen LogP contribution >= 0.6 is 0 Å². The summed E-state index contributed by atoms with van der Waals surface area (Å²) in [5.41, 5.74) is 3.79. The van der Waals surface area contributed by atoms with E-state index in [-0.39, 0.29) is 24.2 Å². The standard InChI is InChI=1S/C19H17F3N4O3/c1-10(14-9-12(29-11(14)2)7-8-16(27)28)25-26-17-13-5-3-4-6-15(13)23-18(24-17)19(20,21)22/h3-6,9H,7-8H2,1-2H3,(H,27,28)(H,23,24,26)/b25-10-. The van der Waals surface area contributed by atoms with E-state index in [1.165, 1.54) is 6.07 Å². The zero-order chi connectivity index (χ0) is 21.2. The number of hydrogen-bond donors (Lipinski definition) is 2. The first-order valence-electron chi connectivity index (χ1n) is 8.61. The van der Waals surface area contributed by atoms with Crippen LogP contribution in [-0.2, 0) is 17.4 Å². The Bertz CT molecular complexity index is 1090. The highest BCUT2D eigenvalue weighted by atomic mass is 19.4. The maximum Gasteiger partial charge on any atom is 0.451 e. The van der Waals surface area contributed by atoms with E-state index in [0.717, 1.165) is 0 Å². The van der Waals surface area contributed by atoms with E-state index in [0.29, 0.717) is 28.2 Å². The van der Waals surface area contributed by atoms with Crippen LogP contribution < -0.4 is 5.43 Å². The number of hydrazone groups is 1. The number of aryl methyl sites for hydroxylation is 2. The number of hydrogen-bond acceptors (Lipinski definition) is 6. The summed E-state index contributed by atoms with van der Waals surface area (Å²) >= 11 is 0. The topological polar surface area (TPSA) is 101 Å². The Morgan fingerprint density at radius 1 is 1.28 bits per heavy atom. The summed E-state index contributed by atoms with van der Waals surface area (Å²) in [6.07, 6.45) is -4.55. The van der Waals surface area contributed by atoms with Crippen molar-refractivity contribution >= 4 is 28.4 Å². The lowest BCUT2D eigenvalue weighted by Crippen LogP contribution is -2.13. The molecule has 152 valence electrons. The average molecular weight is 406 g/mol. The molecule has 2 N–H and O–H groups in total. The molecule has 0 bridgehead atoms. The predicted octanol–water partition coefficient (Wildman–Crippen LogP) is 4.40. The molecule has 2 aromatic heterocycles. The van der Waals surface area contributed by atoms with E-state index >= 15 is 0 Å². The lowest BCUT2D eigenvalue weighted by molar-refractivity contribution is -0.144. The van der Waals surface area contributed by atoms with Gasteiger partial charge in [-0.25, -0.2) is 9.97 Å². The van der Waals surface area contributed by atoms with Crippen molar-refractivity contribution in [2.45, 2.75) is 32.9 Å². The summed E-state index contributed by atoms with van der Waals surface area (Å²) in [5, 5.41) is 13.3.